The van der Waals surface area contributed by atoms with Crippen molar-refractivity contribution in [1.82, 2.24) is 4.90 Å². The highest BCUT2D eigenvalue weighted by Gasteiger charge is 2.29. The third-order valence-corrected chi connectivity index (χ3v) is 4.27. The van der Waals surface area contributed by atoms with Gasteiger partial charge in [-0.2, -0.15) is 0 Å². The maximum atomic E-state index is 12.7. The Hall–Kier alpha value is -2.24. The molecule has 0 spiro atoms. The average molecular weight is 334 g/mol. The number of carbonyl (C=O) groups excluding carboxylic acids is 2. The minimum Gasteiger partial charge on any atom is -0.497 e. The molecule has 1 aromatic carbocycles. The Labute approximate surface area is 143 Å². The van der Waals surface area contributed by atoms with E-state index in [9.17, 15) is 9.59 Å². The molecule has 1 saturated heterocycles. The highest BCUT2D eigenvalue weighted by atomic mass is 16.5. The molecular weight excluding hydrogens is 308 g/mol. The Morgan fingerprint density at radius 2 is 2.12 bits per heavy atom. The van der Waals surface area contributed by atoms with Crippen LogP contribution in [0.5, 0.6) is 5.75 Å². The summed E-state index contributed by atoms with van der Waals surface area (Å²) in [6, 6.07) is 5.25. The Morgan fingerprint density at radius 1 is 1.33 bits per heavy atom. The molecule has 1 aliphatic heterocycles. The van der Waals surface area contributed by atoms with Crippen molar-refractivity contribution in [2.45, 2.75) is 45.6 Å². The summed E-state index contributed by atoms with van der Waals surface area (Å²) in [4.78, 5) is 26.2. The van der Waals surface area contributed by atoms with E-state index in [1.807, 2.05) is 25.1 Å². The van der Waals surface area contributed by atoms with Crippen LogP contribution >= 0.6 is 0 Å². The van der Waals surface area contributed by atoms with Gasteiger partial charge < -0.3 is 19.7 Å². The van der Waals surface area contributed by atoms with E-state index >= 15 is 0 Å². The van der Waals surface area contributed by atoms with Crippen LogP contribution in [0, 0.1) is 6.92 Å². The second-order valence-electron chi connectivity index (χ2n) is 5.96. The van der Waals surface area contributed by atoms with Gasteiger partial charge in [0.2, 0.25) is 0 Å². The monoisotopic (exact) mass is 334 g/mol. The van der Waals surface area contributed by atoms with Gasteiger partial charge in [-0.15, -0.1) is 0 Å². The number of piperidine rings is 1. The van der Waals surface area contributed by atoms with Crippen molar-refractivity contribution >= 4 is 17.7 Å². The summed E-state index contributed by atoms with van der Waals surface area (Å²) < 4.78 is 10.2. The second-order valence-corrected chi connectivity index (χ2v) is 5.96. The first kappa shape index (κ1) is 18.1. The van der Waals surface area contributed by atoms with Crippen molar-refractivity contribution in [1.29, 1.82) is 0 Å². The van der Waals surface area contributed by atoms with Crippen LogP contribution in [0.2, 0.25) is 0 Å². The lowest BCUT2D eigenvalue weighted by molar-refractivity contribution is -0.144. The molecule has 24 heavy (non-hydrogen) atoms. The number of methoxy groups -OCH3 is 1. The van der Waals surface area contributed by atoms with Crippen molar-refractivity contribution in [3.8, 4) is 5.75 Å². The van der Waals surface area contributed by atoms with E-state index in [1.165, 1.54) is 0 Å². The topological polar surface area (TPSA) is 67.9 Å². The summed E-state index contributed by atoms with van der Waals surface area (Å²) >= 11 is 0. The number of rotatable bonds is 5. The molecule has 1 aliphatic rings. The van der Waals surface area contributed by atoms with Crippen molar-refractivity contribution in [2.75, 3.05) is 25.6 Å². The third kappa shape index (κ3) is 4.63. The summed E-state index contributed by atoms with van der Waals surface area (Å²) in [5.41, 5.74) is 1.68. The molecule has 2 amide bonds. The fraction of sp³-hybridized carbons (Fsp3) is 0.556. The number of likely N-dealkylation sites (tertiary alicyclic amines) is 1. The van der Waals surface area contributed by atoms with Crippen molar-refractivity contribution in [2.24, 2.45) is 0 Å². The van der Waals surface area contributed by atoms with Crippen LogP contribution in [0.4, 0.5) is 10.5 Å². The van der Waals surface area contributed by atoms with Gasteiger partial charge in [-0.25, -0.2) is 4.79 Å². The number of aryl methyl sites for hydroxylation is 1. The number of benzene rings is 1. The fourth-order valence-corrected chi connectivity index (χ4v) is 2.98. The quantitative estimate of drug-likeness (QED) is 0.839. The summed E-state index contributed by atoms with van der Waals surface area (Å²) in [6.07, 6.45) is 3.06. The van der Waals surface area contributed by atoms with Crippen LogP contribution in [0.25, 0.3) is 0 Å². The predicted molar refractivity (Wildman–Crippen MR) is 92.3 cm³/mol. The van der Waals surface area contributed by atoms with Crippen LogP contribution in [0.15, 0.2) is 18.2 Å². The lowest BCUT2D eigenvalue weighted by Gasteiger charge is -2.35. The van der Waals surface area contributed by atoms with Gasteiger partial charge in [-0.3, -0.25) is 4.79 Å². The van der Waals surface area contributed by atoms with Crippen LogP contribution in [0.1, 0.15) is 38.2 Å². The molecule has 0 unspecified atom stereocenters. The highest BCUT2D eigenvalue weighted by molar-refractivity contribution is 5.90. The highest BCUT2D eigenvalue weighted by Crippen LogP contribution is 2.24. The van der Waals surface area contributed by atoms with E-state index in [4.69, 9.17) is 9.47 Å². The molecule has 1 N–H and O–H groups in total. The average Bonchev–Trinajstić information content (AvgIpc) is 2.57. The number of ether oxygens (including phenoxy) is 2. The molecule has 1 aromatic rings. The normalized spacial score (nSPS) is 17.3. The standard InChI is InChI=1S/C18H26N2O4/c1-4-24-17(21)12-14-7-5-6-10-20(14)18(22)19-16-9-8-15(23-3)11-13(16)2/h8-9,11,14H,4-7,10,12H2,1-3H3,(H,19,22)/t14-/m0/s1. The molecule has 0 aromatic heterocycles. The molecule has 6 nitrogen and oxygen atoms in total. The van der Waals surface area contributed by atoms with Gasteiger partial charge >= 0.3 is 12.0 Å². The molecule has 0 radical (unpaired) electrons. The first-order chi connectivity index (χ1) is 11.5. The van der Waals surface area contributed by atoms with Gasteiger partial charge in [0, 0.05) is 18.3 Å². The number of hydrogen-bond acceptors (Lipinski definition) is 4. The smallest absolute Gasteiger partial charge is 0.322 e. The fourth-order valence-electron chi connectivity index (χ4n) is 2.98. The van der Waals surface area contributed by atoms with E-state index in [1.54, 1.807) is 18.9 Å². The van der Waals surface area contributed by atoms with Crippen LogP contribution in [-0.2, 0) is 9.53 Å². The number of nitrogens with zero attached hydrogens (tertiary/aromatic N) is 1. The molecule has 0 bridgehead atoms. The number of urea groups is 1. The molecule has 132 valence electrons. The largest absolute Gasteiger partial charge is 0.497 e. The Bertz CT molecular complexity index is 588. The van der Waals surface area contributed by atoms with Gasteiger partial charge in [0.25, 0.3) is 0 Å². The zero-order chi connectivity index (χ0) is 17.5. The van der Waals surface area contributed by atoms with Crippen molar-refractivity contribution in [3.63, 3.8) is 0 Å². The van der Waals surface area contributed by atoms with E-state index in [0.717, 1.165) is 36.3 Å². The zero-order valence-electron chi connectivity index (χ0n) is 14.6. The molecule has 2 rings (SSSR count). The first-order valence-corrected chi connectivity index (χ1v) is 8.43. The predicted octanol–water partition coefficient (Wildman–Crippen LogP) is 3.34. The number of hydrogen-bond donors (Lipinski definition) is 1. The molecular formula is C18H26N2O4. The summed E-state index contributed by atoms with van der Waals surface area (Å²) in [5.74, 6) is 0.506. The van der Waals surface area contributed by atoms with Gasteiger partial charge in [-0.1, -0.05) is 0 Å². The number of carbonyl (C=O) groups is 2. The van der Waals surface area contributed by atoms with Crippen LogP contribution in [0.3, 0.4) is 0 Å². The SMILES string of the molecule is CCOC(=O)C[C@@H]1CCCCN1C(=O)Nc1ccc(OC)cc1C. The summed E-state index contributed by atoms with van der Waals surface area (Å²) in [7, 11) is 1.61. The zero-order valence-corrected chi connectivity index (χ0v) is 14.6. The van der Waals surface area contributed by atoms with E-state index < -0.39 is 0 Å². The maximum Gasteiger partial charge on any atom is 0.322 e. The van der Waals surface area contributed by atoms with E-state index in [-0.39, 0.29) is 24.5 Å². The van der Waals surface area contributed by atoms with Gasteiger partial charge in [0.15, 0.2) is 0 Å². The lowest BCUT2D eigenvalue weighted by atomic mass is 10.00. The Balaban J connectivity index is 2.04. The first-order valence-electron chi connectivity index (χ1n) is 8.43. The number of esters is 1. The molecule has 0 aliphatic carbocycles. The van der Waals surface area contributed by atoms with Crippen molar-refractivity contribution < 1.29 is 19.1 Å². The molecule has 6 heteroatoms. The lowest BCUT2D eigenvalue weighted by Crippen LogP contribution is -2.47. The van der Waals surface area contributed by atoms with Crippen LogP contribution < -0.4 is 10.1 Å². The van der Waals surface area contributed by atoms with E-state index in [0.29, 0.717) is 13.2 Å². The van der Waals surface area contributed by atoms with Gasteiger partial charge in [-0.05, 0) is 56.9 Å². The maximum absolute atomic E-state index is 12.7. The number of amides is 2. The van der Waals surface area contributed by atoms with Gasteiger partial charge in [0.1, 0.15) is 5.75 Å². The molecule has 1 heterocycles. The molecule has 1 fully saturated rings. The second kappa shape index (κ2) is 8.57. The third-order valence-electron chi connectivity index (χ3n) is 4.27. The Morgan fingerprint density at radius 3 is 2.79 bits per heavy atom. The summed E-state index contributed by atoms with van der Waals surface area (Å²) in [5, 5.41) is 2.95. The molecule has 1 atom stereocenters. The number of anilines is 1. The Kier molecular flexibility index (Phi) is 6.46. The number of nitrogens with one attached hydrogen (secondary N) is 1. The van der Waals surface area contributed by atoms with Crippen molar-refractivity contribution in [3.05, 3.63) is 23.8 Å². The summed E-state index contributed by atoms with van der Waals surface area (Å²) in [6.45, 7) is 4.73. The van der Waals surface area contributed by atoms with Crippen LogP contribution in [-0.4, -0.2) is 43.2 Å². The minimum absolute atomic E-state index is 0.101. The molecule has 0 saturated carbocycles. The van der Waals surface area contributed by atoms with E-state index in [2.05, 4.69) is 5.32 Å². The van der Waals surface area contributed by atoms with Gasteiger partial charge in [0.05, 0.1) is 20.1 Å². The minimum atomic E-state index is -0.247.